The van der Waals surface area contributed by atoms with Gasteiger partial charge >= 0.3 is 0 Å². The molecule has 1 aromatic rings. The van der Waals surface area contributed by atoms with Crippen LogP contribution in [0.25, 0.3) is 0 Å². The number of nitrogens with one attached hydrogen (secondary N) is 1. The van der Waals surface area contributed by atoms with Crippen molar-refractivity contribution < 1.29 is 12.8 Å². The zero-order valence-electron chi connectivity index (χ0n) is 9.89. The predicted octanol–water partition coefficient (Wildman–Crippen LogP) is 0.962. The second kappa shape index (κ2) is 6.21. The molecule has 1 unspecified atom stereocenters. The lowest BCUT2D eigenvalue weighted by Crippen LogP contribution is -2.38. The predicted molar refractivity (Wildman–Crippen MR) is 73.3 cm³/mol. The maximum Gasteiger partial charge on any atom is 0.218 e. The minimum Gasteiger partial charge on any atom is -0.392 e. The summed E-state index contributed by atoms with van der Waals surface area (Å²) in [6.45, 7) is 1.72. The molecule has 0 spiro atoms. The van der Waals surface area contributed by atoms with Gasteiger partial charge in [-0.2, -0.15) is 0 Å². The first-order chi connectivity index (χ1) is 8.28. The molecule has 0 bridgehead atoms. The maximum atomic E-state index is 12.7. The van der Waals surface area contributed by atoms with Crippen LogP contribution in [0.5, 0.6) is 0 Å². The summed E-state index contributed by atoms with van der Waals surface area (Å²) < 4.78 is 38.3. The van der Waals surface area contributed by atoms with Crippen molar-refractivity contribution in [1.29, 1.82) is 0 Å². The van der Waals surface area contributed by atoms with Crippen molar-refractivity contribution in [2.45, 2.75) is 19.4 Å². The van der Waals surface area contributed by atoms with E-state index in [1.54, 1.807) is 19.1 Å². The third kappa shape index (κ3) is 5.52. The second-order valence-corrected chi connectivity index (χ2v) is 6.35. The Morgan fingerprint density at radius 2 is 2.00 bits per heavy atom. The van der Waals surface area contributed by atoms with E-state index in [0.717, 1.165) is 5.56 Å². The van der Waals surface area contributed by atoms with Crippen LogP contribution in [0.3, 0.4) is 0 Å². The van der Waals surface area contributed by atoms with Crippen LogP contribution in [0.15, 0.2) is 24.3 Å². The van der Waals surface area contributed by atoms with Crippen LogP contribution in [0, 0.1) is 5.82 Å². The number of benzene rings is 1. The zero-order chi connectivity index (χ0) is 13.8. The van der Waals surface area contributed by atoms with Gasteiger partial charge in [0.15, 0.2) is 0 Å². The van der Waals surface area contributed by atoms with Gasteiger partial charge in [-0.3, -0.25) is 0 Å². The monoisotopic (exact) mass is 290 g/mol. The summed E-state index contributed by atoms with van der Waals surface area (Å²) in [5.41, 5.74) is 6.04. The van der Waals surface area contributed by atoms with E-state index in [4.69, 9.17) is 5.73 Å². The Labute approximate surface area is 111 Å². The molecule has 4 nitrogen and oxygen atoms in total. The number of rotatable bonds is 6. The molecule has 1 aromatic carbocycles. The highest BCUT2D eigenvalue weighted by molar-refractivity contribution is 7.92. The van der Waals surface area contributed by atoms with Crippen molar-refractivity contribution in [3.8, 4) is 0 Å². The molecule has 100 valence electrons. The number of thiocarbonyl (C=S) groups is 1. The van der Waals surface area contributed by atoms with Gasteiger partial charge in [0, 0.05) is 6.04 Å². The molecule has 1 atom stereocenters. The molecule has 0 heterocycles. The fourth-order valence-electron chi connectivity index (χ4n) is 1.55. The van der Waals surface area contributed by atoms with Gasteiger partial charge in [0.05, 0.1) is 4.99 Å². The Morgan fingerprint density at radius 1 is 1.44 bits per heavy atom. The normalized spacial score (nSPS) is 13.2. The molecule has 3 N–H and O–H groups in total. The van der Waals surface area contributed by atoms with Gasteiger partial charge < -0.3 is 5.73 Å². The highest BCUT2D eigenvalue weighted by Crippen LogP contribution is 2.06. The minimum absolute atomic E-state index is 0.0727. The van der Waals surface area contributed by atoms with E-state index in [1.807, 2.05) is 0 Å². The Bertz CT molecular complexity index is 514. The van der Waals surface area contributed by atoms with Crippen molar-refractivity contribution in [2.24, 2.45) is 5.73 Å². The van der Waals surface area contributed by atoms with Gasteiger partial charge in [-0.05, 0) is 31.0 Å². The van der Waals surface area contributed by atoms with E-state index >= 15 is 0 Å². The molecule has 0 aliphatic heterocycles. The number of hydrogen-bond donors (Lipinski definition) is 2. The summed E-state index contributed by atoms with van der Waals surface area (Å²) >= 11 is 4.56. The quantitative estimate of drug-likeness (QED) is 0.766. The van der Waals surface area contributed by atoms with Gasteiger partial charge in [-0.25, -0.2) is 17.5 Å². The first kappa shape index (κ1) is 15.0. The van der Waals surface area contributed by atoms with Gasteiger partial charge in [0.1, 0.15) is 11.6 Å². The lowest BCUT2D eigenvalue weighted by molar-refractivity contribution is 0.563. The summed E-state index contributed by atoms with van der Waals surface area (Å²) in [4.78, 5) is -0.0727. The standard InChI is InChI=1S/C11H15FN2O2S2/c1-8(14-18(15,16)7-11(13)17)6-9-2-4-10(12)5-3-9/h2-5,8,14H,6-7H2,1H3,(H2,13,17). The molecule has 1 rings (SSSR count). The van der Waals surface area contributed by atoms with Crippen LogP contribution in [0.4, 0.5) is 4.39 Å². The first-order valence-electron chi connectivity index (χ1n) is 5.31. The van der Waals surface area contributed by atoms with Crippen LogP contribution in [-0.2, 0) is 16.4 Å². The topological polar surface area (TPSA) is 72.2 Å². The smallest absolute Gasteiger partial charge is 0.218 e. The molecule has 0 radical (unpaired) electrons. The summed E-state index contributed by atoms with van der Waals surface area (Å²) in [5.74, 6) is -0.684. The molecular weight excluding hydrogens is 275 g/mol. The van der Waals surface area contributed by atoms with Crippen LogP contribution < -0.4 is 10.5 Å². The summed E-state index contributed by atoms with van der Waals surface area (Å²) in [5, 5.41) is 0. The molecule has 0 saturated heterocycles. The molecule has 0 fully saturated rings. The molecule has 7 heteroatoms. The van der Waals surface area contributed by atoms with Crippen molar-refractivity contribution >= 4 is 27.2 Å². The van der Waals surface area contributed by atoms with E-state index in [1.165, 1.54) is 12.1 Å². The van der Waals surface area contributed by atoms with Crippen molar-refractivity contribution in [3.63, 3.8) is 0 Å². The highest BCUT2D eigenvalue weighted by atomic mass is 32.2. The average molecular weight is 290 g/mol. The van der Waals surface area contributed by atoms with Crippen LogP contribution >= 0.6 is 12.2 Å². The van der Waals surface area contributed by atoms with E-state index in [2.05, 4.69) is 16.9 Å². The number of nitrogens with two attached hydrogens (primary N) is 1. The average Bonchev–Trinajstić information content (AvgIpc) is 2.18. The highest BCUT2D eigenvalue weighted by Gasteiger charge is 2.15. The fraction of sp³-hybridized carbons (Fsp3) is 0.364. The van der Waals surface area contributed by atoms with Crippen LogP contribution in [0.1, 0.15) is 12.5 Å². The Kier molecular flexibility index (Phi) is 5.18. The van der Waals surface area contributed by atoms with Crippen molar-refractivity contribution in [3.05, 3.63) is 35.6 Å². The minimum atomic E-state index is -3.50. The Balaban J connectivity index is 2.59. The number of sulfonamides is 1. The lowest BCUT2D eigenvalue weighted by atomic mass is 10.1. The molecule has 0 aliphatic carbocycles. The van der Waals surface area contributed by atoms with Gasteiger partial charge in [0.2, 0.25) is 10.0 Å². The molecule has 18 heavy (non-hydrogen) atoms. The van der Waals surface area contributed by atoms with Gasteiger partial charge in [0.25, 0.3) is 0 Å². The van der Waals surface area contributed by atoms with E-state index < -0.39 is 10.0 Å². The fourth-order valence-corrected chi connectivity index (χ4v) is 3.17. The van der Waals surface area contributed by atoms with Crippen LogP contribution in [-0.4, -0.2) is 25.2 Å². The van der Waals surface area contributed by atoms with Crippen LogP contribution in [0.2, 0.25) is 0 Å². The largest absolute Gasteiger partial charge is 0.392 e. The number of halogens is 1. The molecule has 0 amide bonds. The summed E-state index contributed by atoms with van der Waals surface area (Å²) in [7, 11) is -3.50. The van der Waals surface area contributed by atoms with Crippen molar-refractivity contribution in [1.82, 2.24) is 4.72 Å². The third-order valence-electron chi connectivity index (χ3n) is 2.17. The first-order valence-corrected chi connectivity index (χ1v) is 7.37. The Morgan fingerprint density at radius 3 is 2.50 bits per heavy atom. The molecular formula is C11H15FN2O2S2. The van der Waals surface area contributed by atoms with E-state index in [-0.39, 0.29) is 22.6 Å². The van der Waals surface area contributed by atoms with Crippen molar-refractivity contribution in [2.75, 3.05) is 5.75 Å². The molecule has 0 aromatic heterocycles. The summed E-state index contributed by atoms with van der Waals surface area (Å²) in [6, 6.07) is 5.60. The SMILES string of the molecule is CC(Cc1ccc(F)cc1)NS(=O)(=O)CC(N)=S. The van der Waals surface area contributed by atoms with Gasteiger partial charge in [-0.1, -0.05) is 24.4 Å². The molecule has 0 saturated carbocycles. The third-order valence-corrected chi connectivity index (χ3v) is 3.95. The number of hydrogen-bond acceptors (Lipinski definition) is 3. The van der Waals surface area contributed by atoms with Gasteiger partial charge in [-0.15, -0.1) is 0 Å². The molecule has 0 aliphatic rings. The maximum absolute atomic E-state index is 12.7. The zero-order valence-corrected chi connectivity index (χ0v) is 11.5. The summed E-state index contributed by atoms with van der Waals surface area (Å²) in [6.07, 6.45) is 0.469. The lowest BCUT2D eigenvalue weighted by Gasteiger charge is -2.13. The Hall–Kier alpha value is -1.05. The second-order valence-electron chi connectivity index (χ2n) is 4.07. The van der Waals surface area contributed by atoms with E-state index in [0.29, 0.717) is 6.42 Å². The van der Waals surface area contributed by atoms with E-state index in [9.17, 15) is 12.8 Å².